The molecule has 4 rings (SSSR count). The van der Waals surface area contributed by atoms with Crippen LogP contribution in [0.4, 0.5) is 5.95 Å². The van der Waals surface area contributed by atoms with Crippen molar-refractivity contribution in [3.05, 3.63) is 46.7 Å². The minimum atomic E-state index is 0.134. The van der Waals surface area contributed by atoms with Crippen molar-refractivity contribution in [1.82, 2.24) is 14.9 Å². The van der Waals surface area contributed by atoms with Crippen LogP contribution in [0.3, 0.4) is 0 Å². The average Bonchev–Trinajstić information content (AvgIpc) is 2.77. The molecule has 29 heavy (non-hydrogen) atoms. The lowest BCUT2D eigenvalue weighted by Crippen LogP contribution is -2.39. The van der Waals surface area contributed by atoms with E-state index in [-0.39, 0.29) is 6.10 Å². The minimum Gasteiger partial charge on any atom is -0.489 e. The van der Waals surface area contributed by atoms with Crippen molar-refractivity contribution in [2.45, 2.75) is 44.8 Å². The average molecular weight is 412 g/mol. The summed E-state index contributed by atoms with van der Waals surface area (Å²) < 4.78 is 6.20. The first kappa shape index (κ1) is 19.9. The quantitative estimate of drug-likeness (QED) is 0.739. The van der Waals surface area contributed by atoms with Gasteiger partial charge in [0.15, 0.2) is 0 Å². The van der Waals surface area contributed by atoms with Gasteiger partial charge in [0, 0.05) is 32.5 Å². The third kappa shape index (κ3) is 5.17. The van der Waals surface area contributed by atoms with Gasteiger partial charge in [0.2, 0.25) is 5.95 Å². The molecule has 0 unspecified atom stereocenters. The number of nitrogens with zero attached hydrogens (tertiary/aromatic N) is 5. The number of rotatable bonds is 5. The van der Waals surface area contributed by atoms with Crippen LogP contribution in [0.25, 0.3) is 0 Å². The molecule has 7 heteroatoms. The summed E-state index contributed by atoms with van der Waals surface area (Å²) in [5.74, 6) is 1.43. The van der Waals surface area contributed by atoms with Gasteiger partial charge in [0.05, 0.1) is 23.0 Å². The van der Waals surface area contributed by atoms with Gasteiger partial charge in [0.1, 0.15) is 17.9 Å². The second-order valence-corrected chi connectivity index (χ2v) is 8.20. The number of hydrogen-bond donors (Lipinski definition) is 0. The number of halogens is 1. The van der Waals surface area contributed by atoms with Crippen LogP contribution in [0.5, 0.6) is 5.75 Å². The molecule has 2 fully saturated rings. The van der Waals surface area contributed by atoms with E-state index < -0.39 is 0 Å². The molecule has 1 aromatic carbocycles. The van der Waals surface area contributed by atoms with Crippen molar-refractivity contribution in [1.29, 1.82) is 5.26 Å². The van der Waals surface area contributed by atoms with E-state index in [0.717, 1.165) is 38.2 Å². The van der Waals surface area contributed by atoms with Crippen molar-refractivity contribution >= 4 is 17.5 Å². The Labute approximate surface area is 177 Å². The molecule has 152 valence electrons. The summed E-state index contributed by atoms with van der Waals surface area (Å²) in [7, 11) is 0. The van der Waals surface area contributed by atoms with E-state index in [1.54, 1.807) is 12.4 Å². The zero-order valence-electron chi connectivity index (χ0n) is 16.6. The van der Waals surface area contributed by atoms with Gasteiger partial charge in [-0.15, -0.1) is 0 Å². The van der Waals surface area contributed by atoms with Gasteiger partial charge in [-0.3, -0.25) is 4.90 Å². The maximum absolute atomic E-state index is 8.86. The highest BCUT2D eigenvalue weighted by Crippen LogP contribution is 2.29. The smallest absolute Gasteiger partial charge is 0.225 e. The normalized spacial score (nSPS) is 18.4. The maximum Gasteiger partial charge on any atom is 0.225 e. The van der Waals surface area contributed by atoms with E-state index >= 15 is 0 Å². The molecule has 3 heterocycles. The van der Waals surface area contributed by atoms with Crippen molar-refractivity contribution in [3.63, 3.8) is 0 Å². The first-order valence-corrected chi connectivity index (χ1v) is 10.7. The Bertz CT molecular complexity index is 852. The molecule has 0 radical (unpaired) electrons. The third-order valence-electron chi connectivity index (χ3n) is 5.64. The molecule has 0 aliphatic carbocycles. The number of aromatic nitrogens is 2. The molecule has 0 spiro atoms. The van der Waals surface area contributed by atoms with Crippen molar-refractivity contribution < 1.29 is 4.74 Å². The molecule has 6 nitrogen and oxygen atoms in total. The number of piperidine rings is 2. The van der Waals surface area contributed by atoms with Crippen LogP contribution in [-0.2, 0) is 6.54 Å². The van der Waals surface area contributed by atoms with Crippen LogP contribution in [0.1, 0.15) is 43.2 Å². The van der Waals surface area contributed by atoms with Gasteiger partial charge in [0.25, 0.3) is 0 Å². The van der Waals surface area contributed by atoms with Crippen molar-refractivity contribution in [2.75, 3.05) is 31.1 Å². The van der Waals surface area contributed by atoms with Crippen LogP contribution >= 0.6 is 11.6 Å². The van der Waals surface area contributed by atoms with Crippen LogP contribution in [0.15, 0.2) is 30.6 Å². The van der Waals surface area contributed by atoms with Crippen molar-refractivity contribution in [3.8, 4) is 11.8 Å². The minimum absolute atomic E-state index is 0.134. The van der Waals surface area contributed by atoms with Crippen LogP contribution < -0.4 is 9.64 Å². The Kier molecular flexibility index (Phi) is 6.48. The number of likely N-dealkylation sites (tertiary alicyclic amines) is 1. The molecule has 0 atom stereocenters. The van der Waals surface area contributed by atoms with E-state index in [1.165, 1.54) is 37.9 Å². The molecular formula is C22H26ClN5O. The SMILES string of the molecule is N#Cc1cnc(N2CCC(Oc3ccc(CN4CCCCC4)cc3Cl)CC2)nc1. The Balaban J connectivity index is 1.30. The highest BCUT2D eigenvalue weighted by atomic mass is 35.5. The lowest BCUT2D eigenvalue weighted by atomic mass is 10.1. The van der Waals surface area contributed by atoms with E-state index in [4.69, 9.17) is 21.6 Å². The Morgan fingerprint density at radius 2 is 1.79 bits per heavy atom. The second kappa shape index (κ2) is 9.43. The second-order valence-electron chi connectivity index (χ2n) is 7.79. The Morgan fingerprint density at radius 1 is 1.07 bits per heavy atom. The number of anilines is 1. The third-order valence-corrected chi connectivity index (χ3v) is 5.93. The fourth-order valence-electron chi connectivity index (χ4n) is 4.01. The summed E-state index contributed by atoms with van der Waals surface area (Å²) in [5.41, 5.74) is 1.72. The summed E-state index contributed by atoms with van der Waals surface area (Å²) in [4.78, 5) is 13.2. The predicted octanol–water partition coefficient (Wildman–Crippen LogP) is 4.04. The molecule has 0 amide bonds. The molecule has 0 saturated carbocycles. The van der Waals surface area contributed by atoms with E-state index in [1.807, 2.05) is 18.2 Å². The topological polar surface area (TPSA) is 65.3 Å². The zero-order chi connectivity index (χ0) is 20.1. The predicted molar refractivity (Wildman–Crippen MR) is 113 cm³/mol. The van der Waals surface area contributed by atoms with Gasteiger partial charge in [-0.1, -0.05) is 24.1 Å². The number of hydrogen-bond acceptors (Lipinski definition) is 6. The molecule has 0 N–H and O–H groups in total. The van der Waals surface area contributed by atoms with E-state index in [2.05, 4.69) is 25.8 Å². The van der Waals surface area contributed by atoms with Gasteiger partial charge in [-0.05, 0) is 43.6 Å². The van der Waals surface area contributed by atoms with Crippen molar-refractivity contribution in [2.24, 2.45) is 0 Å². The molecule has 1 aromatic heterocycles. The van der Waals surface area contributed by atoms with E-state index in [9.17, 15) is 0 Å². The molecule has 2 aliphatic rings. The maximum atomic E-state index is 8.86. The van der Waals surface area contributed by atoms with Crippen LogP contribution in [0, 0.1) is 11.3 Å². The van der Waals surface area contributed by atoms with Gasteiger partial charge < -0.3 is 9.64 Å². The number of nitriles is 1. The fraction of sp³-hybridized carbons (Fsp3) is 0.500. The van der Waals surface area contributed by atoms with Gasteiger partial charge in [-0.2, -0.15) is 5.26 Å². The van der Waals surface area contributed by atoms with Gasteiger partial charge >= 0.3 is 0 Å². The fourth-order valence-corrected chi connectivity index (χ4v) is 4.26. The zero-order valence-corrected chi connectivity index (χ0v) is 17.3. The molecule has 2 aliphatic heterocycles. The van der Waals surface area contributed by atoms with E-state index in [0.29, 0.717) is 16.5 Å². The molecular weight excluding hydrogens is 386 g/mol. The molecule has 2 aromatic rings. The Morgan fingerprint density at radius 3 is 2.45 bits per heavy atom. The standard InChI is InChI=1S/C22H26ClN5O/c23-20-12-17(16-27-8-2-1-3-9-27)4-5-21(20)29-19-6-10-28(11-7-19)22-25-14-18(13-24)15-26-22/h4-5,12,14-15,19H,1-3,6-11,16H2. The highest BCUT2D eigenvalue weighted by Gasteiger charge is 2.23. The van der Waals surface area contributed by atoms with Gasteiger partial charge in [-0.25, -0.2) is 9.97 Å². The summed E-state index contributed by atoms with van der Waals surface area (Å²) in [5, 5.41) is 9.55. The first-order chi connectivity index (χ1) is 14.2. The summed E-state index contributed by atoms with van der Waals surface area (Å²) in [6, 6.07) is 8.24. The van der Waals surface area contributed by atoms with Crippen LogP contribution in [0.2, 0.25) is 5.02 Å². The lowest BCUT2D eigenvalue weighted by Gasteiger charge is -2.32. The monoisotopic (exact) mass is 411 g/mol. The lowest BCUT2D eigenvalue weighted by molar-refractivity contribution is 0.170. The number of benzene rings is 1. The summed E-state index contributed by atoms with van der Waals surface area (Å²) >= 11 is 6.52. The molecule has 2 saturated heterocycles. The number of ether oxygens (including phenoxy) is 1. The summed E-state index contributed by atoms with van der Waals surface area (Å²) in [6.07, 6.45) is 8.97. The first-order valence-electron chi connectivity index (χ1n) is 10.4. The van der Waals surface area contributed by atoms with Crippen LogP contribution in [-0.4, -0.2) is 47.2 Å². The summed E-state index contributed by atoms with van der Waals surface area (Å²) in [6.45, 7) is 4.96. The Hall–Kier alpha value is -2.36. The largest absolute Gasteiger partial charge is 0.489 e. The highest BCUT2D eigenvalue weighted by molar-refractivity contribution is 6.32. The molecule has 0 bridgehead atoms.